The molecule has 0 bridgehead atoms. The molecule has 1 aliphatic rings. The smallest absolute Gasteiger partial charge is 0.323 e. The Morgan fingerprint density at radius 3 is 2.39 bits per heavy atom. The highest BCUT2D eigenvalue weighted by Crippen LogP contribution is 2.23. The summed E-state index contributed by atoms with van der Waals surface area (Å²) < 4.78 is 1.82. The van der Waals surface area contributed by atoms with E-state index in [0.29, 0.717) is 13.0 Å². The molecule has 1 atom stereocenters. The quantitative estimate of drug-likeness (QED) is 0.572. The Kier molecular flexibility index (Phi) is 5.86. The molecule has 7 heteroatoms. The Morgan fingerprint density at radius 2 is 1.68 bits per heavy atom. The van der Waals surface area contributed by atoms with Crippen molar-refractivity contribution in [1.82, 2.24) is 24.9 Å². The molecule has 0 unspecified atom stereocenters. The van der Waals surface area contributed by atoms with E-state index < -0.39 is 5.54 Å². The van der Waals surface area contributed by atoms with Gasteiger partial charge >= 0.3 is 6.03 Å². The summed E-state index contributed by atoms with van der Waals surface area (Å²) in [5, 5.41) is 7.30. The maximum atomic E-state index is 13.0. The number of urea groups is 1. The minimum atomic E-state index is -0.883. The number of para-hydroxylation sites is 1. The van der Waals surface area contributed by atoms with E-state index in [9.17, 15) is 9.59 Å². The molecule has 2 aromatic carbocycles. The van der Waals surface area contributed by atoms with E-state index in [0.717, 1.165) is 23.2 Å². The molecule has 1 saturated heterocycles. The first-order chi connectivity index (χ1) is 14.9. The van der Waals surface area contributed by atoms with E-state index in [1.165, 1.54) is 4.90 Å². The Labute approximate surface area is 182 Å². The molecule has 0 spiro atoms. The number of imide groups is 1. The van der Waals surface area contributed by atoms with Crippen molar-refractivity contribution in [3.05, 3.63) is 84.2 Å². The van der Waals surface area contributed by atoms with Crippen LogP contribution in [0.15, 0.2) is 73.1 Å². The molecule has 0 aliphatic carbocycles. The van der Waals surface area contributed by atoms with Gasteiger partial charge in [-0.2, -0.15) is 5.10 Å². The molecule has 1 aliphatic heterocycles. The van der Waals surface area contributed by atoms with Gasteiger partial charge in [0, 0.05) is 18.3 Å². The number of benzene rings is 2. The number of aromatic nitrogens is 2. The number of nitrogens with one attached hydrogen (secondary N) is 1. The zero-order chi connectivity index (χ0) is 21.8. The van der Waals surface area contributed by atoms with E-state index in [4.69, 9.17) is 0 Å². The molecule has 7 nitrogen and oxygen atoms in total. The Hall–Kier alpha value is -3.45. The van der Waals surface area contributed by atoms with Crippen LogP contribution in [-0.2, 0) is 17.8 Å². The van der Waals surface area contributed by atoms with Gasteiger partial charge in [0.2, 0.25) is 0 Å². The highest BCUT2D eigenvalue weighted by Gasteiger charge is 2.47. The maximum Gasteiger partial charge on any atom is 0.326 e. The van der Waals surface area contributed by atoms with Gasteiger partial charge in [0.15, 0.2) is 0 Å². The first kappa shape index (κ1) is 20.8. The minimum Gasteiger partial charge on any atom is -0.323 e. The maximum absolute atomic E-state index is 13.0. The van der Waals surface area contributed by atoms with Crippen LogP contribution in [0.5, 0.6) is 0 Å². The molecular weight excluding hydrogens is 390 g/mol. The number of rotatable bonds is 8. The average Bonchev–Trinajstić information content (AvgIpc) is 3.32. The van der Waals surface area contributed by atoms with Crippen molar-refractivity contribution in [1.29, 1.82) is 0 Å². The monoisotopic (exact) mass is 417 g/mol. The second-order valence-corrected chi connectivity index (χ2v) is 8.27. The fourth-order valence-corrected chi connectivity index (χ4v) is 3.85. The summed E-state index contributed by atoms with van der Waals surface area (Å²) >= 11 is 0. The van der Waals surface area contributed by atoms with Crippen molar-refractivity contribution in [3.63, 3.8) is 0 Å². The molecule has 4 rings (SSSR count). The fourth-order valence-electron chi connectivity index (χ4n) is 3.85. The first-order valence-corrected chi connectivity index (χ1v) is 10.4. The standard InChI is InChI=1S/C24H27N5O2/c1-24(14-13-19-9-5-3-6-10-19)22(30)28(23(31)26-24)18-27(2)16-20-15-25-29(17-20)21-11-7-4-8-12-21/h3-12,15,17H,13-14,16,18H2,1-2H3,(H,26,31)/t24-/m0/s1. The van der Waals surface area contributed by atoms with Crippen LogP contribution in [0.3, 0.4) is 0 Å². The van der Waals surface area contributed by atoms with Crippen LogP contribution in [0.25, 0.3) is 5.69 Å². The van der Waals surface area contributed by atoms with Crippen molar-refractivity contribution in [2.45, 2.75) is 31.8 Å². The number of hydrogen-bond donors (Lipinski definition) is 1. The van der Waals surface area contributed by atoms with Crippen LogP contribution < -0.4 is 5.32 Å². The summed E-state index contributed by atoms with van der Waals surface area (Å²) in [5.74, 6) is -0.180. The highest BCUT2D eigenvalue weighted by atomic mass is 16.2. The number of carbonyl (C=O) groups excluding carboxylic acids is 2. The fraction of sp³-hybridized carbons (Fsp3) is 0.292. The van der Waals surface area contributed by atoms with Crippen LogP contribution in [0.1, 0.15) is 24.5 Å². The van der Waals surface area contributed by atoms with E-state index >= 15 is 0 Å². The molecule has 0 saturated carbocycles. The normalized spacial score (nSPS) is 18.6. The van der Waals surface area contributed by atoms with Gasteiger partial charge in [-0.25, -0.2) is 14.4 Å². The number of aryl methyl sites for hydroxylation is 1. The third kappa shape index (κ3) is 4.67. The van der Waals surface area contributed by atoms with E-state index in [-0.39, 0.29) is 18.6 Å². The summed E-state index contributed by atoms with van der Waals surface area (Å²) in [6.45, 7) is 2.60. The number of nitrogens with zero attached hydrogens (tertiary/aromatic N) is 4. The second kappa shape index (κ2) is 8.73. The van der Waals surface area contributed by atoms with Crippen LogP contribution in [-0.4, -0.2) is 50.8 Å². The van der Waals surface area contributed by atoms with Gasteiger partial charge in [0.1, 0.15) is 5.54 Å². The van der Waals surface area contributed by atoms with Gasteiger partial charge in [0.05, 0.1) is 18.6 Å². The number of amides is 3. The highest BCUT2D eigenvalue weighted by molar-refractivity contribution is 6.06. The van der Waals surface area contributed by atoms with Crippen molar-refractivity contribution < 1.29 is 9.59 Å². The van der Waals surface area contributed by atoms with Gasteiger partial charge in [-0.1, -0.05) is 48.5 Å². The third-order valence-electron chi connectivity index (χ3n) is 5.59. The largest absolute Gasteiger partial charge is 0.326 e. The van der Waals surface area contributed by atoms with Crippen LogP contribution in [0.2, 0.25) is 0 Å². The predicted molar refractivity (Wildman–Crippen MR) is 118 cm³/mol. The molecular formula is C24H27N5O2. The zero-order valence-electron chi connectivity index (χ0n) is 17.9. The van der Waals surface area contributed by atoms with Gasteiger partial charge in [0.25, 0.3) is 5.91 Å². The average molecular weight is 418 g/mol. The summed E-state index contributed by atoms with van der Waals surface area (Å²) in [4.78, 5) is 28.8. The SMILES string of the molecule is CN(Cc1cnn(-c2ccccc2)c1)CN1C(=O)N[C@@](C)(CCc2ccccc2)C1=O. The third-order valence-corrected chi connectivity index (χ3v) is 5.59. The van der Waals surface area contributed by atoms with Gasteiger partial charge in [-0.05, 0) is 44.5 Å². The summed E-state index contributed by atoms with van der Waals surface area (Å²) in [6, 6.07) is 19.5. The second-order valence-electron chi connectivity index (χ2n) is 8.27. The lowest BCUT2D eigenvalue weighted by Gasteiger charge is -2.24. The van der Waals surface area contributed by atoms with Gasteiger partial charge in [-0.15, -0.1) is 0 Å². The molecule has 160 valence electrons. The molecule has 1 aromatic heterocycles. The topological polar surface area (TPSA) is 70.5 Å². The first-order valence-electron chi connectivity index (χ1n) is 10.4. The lowest BCUT2D eigenvalue weighted by molar-refractivity contribution is -0.132. The summed E-state index contributed by atoms with van der Waals surface area (Å²) in [7, 11) is 1.89. The molecule has 31 heavy (non-hydrogen) atoms. The molecule has 3 aromatic rings. The number of hydrogen-bond acceptors (Lipinski definition) is 4. The predicted octanol–water partition coefficient (Wildman–Crippen LogP) is 3.20. The lowest BCUT2D eigenvalue weighted by atomic mass is 9.93. The van der Waals surface area contributed by atoms with Crippen LogP contribution >= 0.6 is 0 Å². The van der Waals surface area contributed by atoms with Crippen molar-refractivity contribution >= 4 is 11.9 Å². The zero-order valence-corrected chi connectivity index (χ0v) is 17.9. The van der Waals surface area contributed by atoms with Crippen molar-refractivity contribution in [2.75, 3.05) is 13.7 Å². The summed E-state index contributed by atoms with van der Waals surface area (Å²) in [6.07, 6.45) is 5.05. The van der Waals surface area contributed by atoms with Crippen molar-refractivity contribution in [2.24, 2.45) is 0 Å². The van der Waals surface area contributed by atoms with E-state index in [2.05, 4.69) is 10.4 Å². The Balaban J connectivity index is 1.36. The Morgan fingerprint density at radius 1 is 1.00 bits per heavy atom. The molecule has 2 heterocycles. The van der Waals surface area contributed by atoms with Gasteiger partial charge in [-0.3, -0.25) is 9.69 Å². The van der Waals surface area contributed by atoms with E-state index in [1.54, 1.807) is 13.1 Å². The van der Waals surface area contributed by atoms with Crippen LogP contribution in [0, 0.1) is 0 Å². The van der Waals surface area contributed by atoms with Crippen LogP contribution in [0.4, 0.5) is 4.79 Å². The molecule has 3 amide bonds. The minimum absolute atomic E-state index is 0.180. The molecule has 1 N–H and O–H groups in total. The molecule has 0 radical (unpaired) electrons. The number of carbonyl (C=O) groups is 2. The van der Waals surface area contributed by atoms with Crippen molar-refractivity contribution in [3.8, 4) is 5.69 Å². The molecule has 1 fully saturated rings. The van der Waals surface area contributed by atoms with Gasteiger partial charge < -0.3 is 5.32 Å². The van der Waals surface area contributed by atoms with E-state index in [1.807, 2.05) is 83.5 Å². The summed E-state index contributed by atoms with van der Waals surface area (Å²) in [5.41, 5.74) is 2.26. The lowest BCUT2D eigenvalue weighted by Crippen LogP contribution is -2.45. The Bertz CT molecular complexity index is 1050.